The van der Waals surface area contributed by atoms with Gasteiger partial charge in [-0.3, -0.25) is 0 Å². The van der Waals surface area contributed by atoms with Gasteiger partial charge in [-0.2, -0.15) is 0 Å². The number of benzene rings is 2. The minimum atomic E-state index is -0.613. The molecule has 0 saturated heterocycles. The van der Waals surface area contributed by atoms with Gasteiger partial charge in [0.05, 0.1) is 13.2 Å². The quantitative estimate of drug-likeness (QED) is 0.806. The SMILES string of the molecule is COc1cc(C)c(Br)cc1C(N)c1c(F)cccc1Br. The Morgan fingerprint density at radius 3 is 2.50 bits per heavy atom. The Morgan fingerprint density at radius 2 is 1.90 bits per heavy atom. The molecule has 2 aromatic carbocycles. The van der Waals surface area contributed by atoms with Gasteiger partial charge in [0.25, 0.3) is 0 Å². The molecule has 2 nitrogen and oxygen atoms in total. The van der Waals surface area contributed by atoms with Crippen molar-refractivity contribution in [1.82, 2.24) is 0 Å². The first kappa shape index (κ1) is 15.5. The first-order valence-electron chi connectivity index (χ1n) is 5.99. The molecule has 2 N–H and O–H groups in total. The number of aryl methyl sites for hydroxylation is 1. The molecule has 2 rings (SSSR count). The van der Waals surface area contributed by atoms with Crippen LogP contribution in [0.2, 0.25) is 0 Å². The van der Waals surface area contributed by atoms with Crippen molar-refractivity contribution in [2.45, 2.75) is 13.0 Å². The van der Waals surface area contributed by atoms with Crippen LogP contribution in [0, 0.1) is 12.7 Å². The van der Waals surface area contributed by atoms with Gasteiger partial charge in [0.15, 0.2) is 0 Å². The lowest BCUT2D eigenvalue weighted by Gasteiger charge is -2.19. The number of hydrogen-bond donors (Lipinski definition) is 1. The highest BCUT2D eigenvalue weighted by Crippen LogP contribution is 2.36. The largest absolute Gasteiger partial charge is 0.496 e. The molecule has 0 fully saturated rings. The van der Waals surface area contributed by atoms with Crippen molar-refractivity contribution < 1.29 is 9.13 Å². The summed E-state index contributed by atoms with van der Waals surface area (Å²) in [5.41, 5.74) is 8.43. The molecule has 0 bridgehead atoms. The van der Waals surface area contributed by atoms with Gasteiger partial charge in [-0.25, -0.2) is 4.39 Å². The fourth-order valence-electron chi connectivity index (χ4n) is 2.05. The standard InChI is InChI=1S/C15H14Br2FNO/c1-8-6-13(20-2)9(7-11(8)17)15(19)14-10(16)4-3-5-12(14)18/h3-7,15H,19H2,1-2H3. The van der Waals surface area contributed by atoms with E-state index in [1.807, 2.05) is 19.1 Å². The maximum atomic E-state index is 14.0. The molecule has 1 unspecified atom stereocenters. The van der Waals surface area contributed by atoms with Gasteiger partial charge in [0.1, 0.15) is 11.6 Å². The summed E-state index contributed by atoms with van der Waals surface area (Å²) in [6, 6.07) is 7.95. The number of hydrogen-bond acceptors (Lipinski definition) is 2. The van der Waals surface area contributed by atoms with Crippen LogP contribution in [0.25, 0.3) is 0 Å². The summed E-state index contributed by atoms with van der Waals surface area (Å²) in [5.74, 6) is 0.305. The number of ether oxygens (including phenoxy) is 1. The number of nitrogens with two attached hydrogens (primary N) is 1. The monoisotopic (exact) mass is 401 g/mol. The van der Waals surface area contributed by atoms with E-state index in [-0.39, 0.29) is 5.82 Å². The van der Waals surface area contributed by atoms with Crippen molar-refractivity contribution in [3.05, 3.63) is 61.8 Å². The zero-order valence-electron chi connectivity index (χ0n) is 11.1. The van der Waals surface area contributed by atoms with Crippen molar-refractivity contribution in [2.24, 2.45) is 5.73 Å². The minimum Gasteiger partial charge on any atom is -0.496 e. The highest BCUT2D eigenvalue weighted by Gasteiger charge is 2.21. The van der Waals surface area contributed by atoms with Crippen LogP contribution in [0.5, 0.6) is 5.75 Å². The lowest BCUT2D eigenvalue weighted by atomic mass is 9.97. The maximum absolute atomic E-state index is 14.0. The van der Waals surface area contributed by atoms with Crippen LogP contribution in [0.3, 0.4) is 0 Å². The number of halogens is 3. The molecular weight excluding hydrogens is 389 g/mol. The van der Waals surface area contributed by atoms with Gasteiger partial charge in [0.2, 0.25) is 0 Å². The summed E-state index contributed by atoms with van der Waals surface area (Å²) >= 11 is 6.82. The molecule has 0 radical (unpaired) electrons. The first-order valence-corrected chi connectivity index (χ1v) is 7.57. The number of rotatable bonds is 3. The Bertz CT molecular complexity index is 626. The molecule has 0 spiro atoms. The summed E-state index contributed by atoms with van der Waals surface area (Å²) in [6.45, 7) is 1.96. The van der Waals surface area contributed by atoms with Crippen molar-refractivity contribution in [3.63, 3.8) is 0 Å². The van der Waals surface area contributed by atoms with E-state index in [9.17, 15) is 4.39 Å². The van der Waals surface area contributed by atoms with Crippen LogP contribution in [-0.2, 0) is 0 Å². The van der Waals surface area contributed by atoms with Crippen LogP contribution < -0.4 is 10.5 Å². The average molecular weight is 403 g/mol. The molecule has 0 heterocycles. The predicted molar refractivity (Wildman–Crippen MR) is 85.6 cm³/mol. The van der Waals surface area contributed by atoms with E-state index in [4.69, 9.17) is 10.5 Å². The molecule has 106 valence electrons. The Hall–Kier alpha value is -0.910. The summed E-state index contributed by atoms with van der Waals surface area (Å²) in [7, 11) is 1.58. The van der Waals surface area contributed by atoms with E-state index in [2.05, 4.69) is 31.9 Å². The van der Waals surface area contributed by atoms with Gasteiger partial charge < -0.3 is 10.5 Å². The lowest BCUT2D eigenvalue weighted by Crippen LogP contribution is -2.15. The van der Waals surface area contributed by atoms with Crippen LogP contribution in [-0.4, -0.2) is 7.11 Å². The third kappa shape index (κ3) is 2.90. The Morgan fingerprint density at radius 1 is 1.20 bits per heavy atom. The van der Waals surface area contributed by atoms with Crippen LogP contribution >= 0.6 is 31.9 Å². The van der Waals surface area contributed by atoms with Crippen molar-refractivity contribution >= 4 is 31.9 Å². The summed E-state index contributed by atoms with van der Waals surface area (Å²) in [6.07, 6.45) is 0. The highest BCUT2D eigenvalue weighted by atomic mass is 79.9. The second-order valence-electron chi connectivity index (χ2n) is 4.46. The fraction of sp³-hybridized carbons (Fsp3) is 0.200. The highest BCUT2D eigenvalue weighted by molar-refractivity contribution is 9.10. The first-order chi connectivity index (χ1) is 9.45. The lowest BCUT2D eigenvalue weighted by molar-refractivity contribution is 0.407. The summed E-state index contributed by atoms with van der Waals surface area (Å²) < 4.78 is 21.0. The molecular formula is C15H14Br2FNO. The zero-order valence-corrected chi connectivity index (χ0v) is 14.3. The van der Waals surface area contributed by atoms with Crippen LogP contribution in [0.4, 0.5) is 4.39 Å². The Balaban J connectivity index is 2.59. The van der Waals surface area contributed by atoms with E-state index in [1.165, 1.54) is 6.07 Å². The predicted octanol–water partition coefficient (Wildman–Crippen LogP) is 4.72. The number of methoxy groups -OCH3 is 1. The summed E-state index contributed by atoms with van der Waals surface area (Å²) in [5, 5.41) is 0. The van der Waals surface area contributed by atoms with E-state index < -0.39 is 6.04 Å². The van der Waals surface area contributed by atoms with Gasteiger partial charge >= 0.3 is 0 Å². The van der Waals surface area contributed by atoms with E-state index in [0.29, 0.717) is 15.8 Å². The van der Waals surface area contributed by atoms with Gasteiger partial charge in [-0.05, 0) is 36.8 Å². The Kier molecular flexibility index (Phi) is 4.83. The second-order valence-corrected chi connectivity index (χ2v) is 6.17. The molecule has 5 heteroatoms. The van der Waals surface area contributed by atoms with E-state index in [1.54, 1.807) is 19.2 Å². The van der Waals surface area contributed by atoms with Gasteiger partial charge in [-0.15, -0.1) is 0 Å². The molecule has 20 heavy (non-hydrogen) atoms. The van der Waals surface area contributed by atoms with Crippen molar-refractivity contribution in [1.29, 1.82) is 0 Å². The zero-order chi connectivity index (χ0) is 14.9. The normalized spacial score (nSPS) is 12.3. The molecule has 0 saturated carbocycles. The van der Waals surface area contributed by atoms with Crippen LogP contribution in [0.15, 0.2) is 39.3 Å². The summed E-state index contributed by atoms with van der Waals surface area (Å²) in [4.78, 5) is 0. The third-order valence-electron chi connectivity index (χ3n) is 3.16. The van der Waals surface area contributed by atoms with Crippen LogP contribution in [0.1, 0.15) is 22.7 Å². The molecule has 0 aliphatic rings. The van der Waals surface area contributed by atoms with Gasteiger partial charge in [-0.1, -0.05) is 37.9 Å². The third-order valence-corrected chi connectivity index (χ3v) is 4.70. The van der Waals surface area contributed by atoms with E-state index in [0.717, 1.165) is 15.6 Å². The molecule has 2 aromatic rings. The maximum Gasteiger partial charge on any atom is 0.129 e. The van der Waals surface area contributed by atoms with E-state index >= 15 is 0 Å². The molecule has 0 aliphatic heterocycles. The fourth-order valence-corrected chi connectivity index (χ4v) is 3.00. The molecule has 0 aliphatic carbocycles. The minimum absolute atomic E-state index is 0.342. The molecule has 0 aromatic heterocycles. The second kappa shape index (κ2) is 6.24. The Labute approximate surface area is 134 Å². The topological polar surface area (TPSA) is 35.2 Å². The molecule has 1 atom stereocenters. The van der Waals surface area contributed by atoms with Gasteiger partial charge in [0, 0.05) is 20.1 Å². The van der Waals surface area contributed by atoms with Crippen molar-refractivity contribution in [3.8, 4) is 5.75 Å². The smallest absolute Gasteiger partial charge is 0.129 e. The molecule has 0 amide bonds. The van der Waals surface area contributed by atoms with Crippen molar-refractivity contribution in [2.75, 3.05) is 7.11 Å². The average Bonchev–Trinajstić information content (AvgIpc) is 2.41.